The maximum Gasteiger partial charge on any atom is 0.326 e. The molecule has 0 spiro atoms. The van der Waals surface area contributed by atoms with Crippen molar-refractivity contribution in [2.75, 3.05) is 33.4 Å². The van der Waals surface area contributed by atoms with Crippen molar-refractivity contribution in [3.63, 3.8) is 0 Å². The average molecular weight is 721 g/mol. The number of urea groups is 1. The number of rotatable bonds is 18. The third-order valence-electron chi connectivity index (χ3n) is 8.53. The van der Waals surface area contributed by atoms with Crippen LogP contribution in [0.1, 0.15) is 80.2 Å². The molecule has 4 atom stereocenters. The summed E-state index contributed by atoms with van der Waals surface area (Å²) < 4.78 is 10.2. The van der Waals surface area contributed by atoms with Gasteiger partial charge in [0.25, 0.3) is 0 Å². The molecule has 4 unspecified atom stereocenters. The Morgan fingerprint density at radius 1 is 0.961 bits per heavy atom. The van der Waals surface area contributed by atoms with E-state index < -0.39 is 58.8 Å². The van der Waals surface area contributed by atoms with Crippen LogP contribution in [-0.4, -0.2) is 103 Å². The fourth-order valence-electron chi connectivity index (χ4n) is 5.54. The number of carboxylic acid groups (broad SMARTS) is 1. The van der Waals surface area contributed by atoms with E-state index in [0.29, 0.717) is 30.9 Å². The number of hydrogen-bond donors (Lipinski definition) is 6. The molecule has 6 amide bonds. The van der Waals surface area contributed by atoms with E-state index in [1.165, 1.54) is 7.11 Å². The lowest BCUT2D eigenvalue weighted by Gasteiger charge is -2.36. The minimum absolute atomic E-state index is 0.00685. The number of hydrogen-bond acceptors (Lipinski definition) is 8. The minimum atomic E-state index is -1.18. The molecule has 7 N–H and O–H groups in total. The summed E-state index contributed by atoms with van der Waals surface area (Å²) in [4.78, 5) is 75.5. The number of nitrogens with zero attached hydrogens (tertiary/aromatic N) is 1. The smallest absolute Gasteiger partial charge is 0.326 e. The molecule has 2 rings (SSSR count). The number of carbonyl (C=O) groups excluding carboxylic acids is 5. The molecule has 51 heavy (non-hydrogen) atoms. The quantitative estimate of drug-likeness (QED) is 0.122. The van der Waals surface area contributed by atoms with Crippen LogP contribution in [0, 0.1) is 17.3 Å². The number of ether oxygens (including phenoxy) is 2. The van der Waals surface area contributed by atoms with Gasteiger partial charge in [0.2, 0.25) is 24.1 Å². The van der Waals surface area contributed by atoms with Crippen LogP contribution in [-0.2, 0) is 35.1 Å². The van der Waals surface area contributed by atoms with Crippen LogP contribution in [0.3, 0.4) is 0 Å². The molecule has 1 aliphatic rings. The summed E-state index contributed by atoms with van der Waals surface area (Å²) in [5.41, 5.74) is 4.54. The van der Waals surface area contributed by atoms with Crippen molar-refractivity contribution in [3.8, 4) is 5.75 Å². The maximum absolute atomic E-state index is 13.7. The zero-order chi connectivity index (χ0) is 38.9. The third kappa shape index (κ3) is 16.4. The van der Waals surface area contributed by atoms with Crippen LogP contribution in [0.15, 0.2) is 24.3 Å². The molecule has 0 saturated carbocycles. The lowest BCUT2D eigenvalue weighted by Crippen LogP contribution is -2.60. The first-order valence-corrected chi connectivity index (χ1v) is 17.4. The summed E-state index contributed by atoms with van der Waals surface area (Å²) >= 11 is 0. The van der Waals surface area contributed by atoms with E-state index >= 15 is 0 Å². The van der Waals surface area contributed by atoms with E-state index in [2.05, 4.69) is 21.3 Å². The fraction of sp³-hybridized carbons (Fsp3) is 0.667. The second-order valence-electron chi connectivity index (χ2n) is 14.7. The van der Waals surface area contributed by atoms with E-state index in [-0.39, 0.29) is 31.1 Å². The van der Waals surface area contributed by atoms with Gasteiger partial charge in [-0.2, -0.15) is 0 Å². The number of morpholine rings is 1. The van der Waals surface area contributed by atoms with Crippen LogP contribution in [0.2, 0.25) is 0 Å². The highest BCUT2D eigenvalue weighted by atomic mass is 16.5. The molecule has 15 heteroatoms. The molecule has 0 aromatic heterocycles. The Bertz CT molecular complexity index is 1300. The van der Waals surface area contributed by atoms with E-state index in [4.69, 9.17) is 15.2 Å². The van der Waals surface area contributed by atoms with Gasteiger partial charge in [-0.05, 0) is 56.2 Å². The second kappa shape index (κ2) is 21.1. The van der Waals surface area contributed by atoms with E-state index in [0.717, 1.165) is 19.5 Å². The zero-order valence-corrected chi connectivity index (χ0v) is 31.7. The molecular formula is C36H60N6O9. The molecular weight excluding hydrogens is 660 g/mol. The summed E-state index contributed by atoms with van der Waals surface area (Å²) in [5.74, 6) is -2.39. The van der Waals surface area contributed by atoms with Crippen molar-refractivity contribution in [3.05, 3.63) is 29.8 Å². The number of carbonyl (C=O) groups is 6. The molecule has 1 aliphatic heterocycles. The number of benzene rings is 1. The van der Waals surface area contributed by atoms with Crippen molar-refractivity contribution in [1.29, 1.82) is 0 Å². The number of carboxylic acids is 1. The standard InChI is InChI=1S/C31H51N5O7.C5H9NO2/c1-10-19(4)24(26(38)36-31(7,8)17-30(5,6)28(32)41)35-25(37)22(16-20-11-13-21(43-9)14-12-20)33-29(42)34-23(27(39)40)15-18(2)3;7-5-6-1-3-8-4-2-6/h11-14,18-19,22-24H,10,15-17H2,1-9H3,(H2,32,41)(H,35,37)(H,36,38)(H,39,40)(H2,33,34,42);5H,1-4H2. The predicted molar refractivity (Wildman–Crippen MR) is 193 cm³/mol. The zero-order valence-electron chi connectivity index (χ0n) is 31.7. The number of aliphatic carboxylic acids is 1. The largest absolute Gasteiger partial charge is 0.497 e. The number of primary amides is 1. The summed E-state index contributed by atoms with van der Waals surface area (Å²) in [5, 5.41) is 20.4. The number of nitrogens with one attached hydrogen (secondary N) is 4. The number of amides is 6. The molecule has 15 nitrogen and oxygen atoms in total. The van der Waals surface area contributed by atoms with E-state index in [9.17, 15) is 33.9 Å². The molecule has 1 aromatic rings. The van der Waals surface area contributed by atoms with Gasteiger partial charge in [-0.25, -0.2) is 9.59 Å². The highest BCUT2D eigenvalue weighted by Gasteiger charge is 2.37. The maximum atomic E-state index is 13.7. The summed E-state index contributed by atoms with van der Waals surface area (Å²) in [7, 11) is 1.53. The summed E-state index contributed by atoms with van der Waals surface area (Å²) in [6, 6.07) is 2.89. The molecule has 1 saturated heterocycles. The van der Waals surface area contributed by atoms with Gasteiger partial charge in [-0.15, -0.1) is 0 Å². The monoisotopic (exact) mass is 720 g/mol. The Labute approximate surface area is 302 Å². The fourth-order valence-corrected chi connectivity index (χ4v) is 5.54. The Balaban J connectivity index is 0.00000142. The Morgan fingerprint density at radius 3 is 1.98 bits per heavy atom. The molecule has 288 valence electrons. The van der Waals surface area contributed by atoms with Crippen molar-refractivity contribution in [1.82, 2.24) is 26.2 Å². The van der Waals surface area contributed by atoms with Crippen LogP contribution in [0.4, 0.5) is 4.79 Å². The molecule has 1 aromatic carbocycles. The number of nitrogens with two attached hydrogens (primary N) is 1. The van der Waals surface area contributed by atoms with Gasteiger partial charge < -0.3 is 46.5 Å². The summed E-state index contributed by atoms with van der Waals surface area (Å²) in [6.07, 6.45) is 1.97. The van der Waals surface area contributed by atoms with E-state index in [1.54, 1.807) is 56.9 Å². The highest BCUT2D eigenvalue weighted by Crippen LogP contribution is 2.28. The normalized spacial score (nSPS) is 15.5. The van der Waals surface area contributed by atoms with Gasteiger partial charge in [-0.1, -0.05) is 60.1 Å². The first kappa shape index (κ1) is 44.6. The molecule has 0 bridgehead atoms. The Kier molecular flexibility index (Phi) is 18.4. The predicted octanol–water partition coefficient (Wildman–Crippen LogP) is 2.21. The SMILES string of the molecule is CCC(C)C(NC(=O)C(Cc1ccc(OC)cc1)NC(=O)NC(CC(C)C)C(=O)O)C(=O)NC(C)(C)CC(C)(C)C(N)=O.O=CN1CCOCC1. The third-order valence-corrected chi connectivity index (χ3v) is 8.53. The first-order valence-electron chi connectivity index (χ1n) is 17.4. The lowest BCUT2D eigenvalue weighted by molar-refractivity contribution is -0.139. The topological polar surface area (TPSA) is 218 Å². The first-order chi connectivity index (χ1) is 23.7. The lowest BCUT2D eigenvalue weighted by atomic mass is 9.79. The Hall–Kier alpha value is -4.40. The molecule has 0 radical (unpaired) electrons. The van der Waals surface area contributed by atoms with Gasteiger partial charge in [0, 0.05) is 30.5 Å². The van der Waals surface area contributed by atoms with Gasteiger partial charge in [0.15, 0.2) is 0 Å². The van der Waals surface area contributed by atoms with E-state index in [1.807, 2.05) is 27.7 Å². The van der Waals surface area contributed by atoms with Crippen LogP contribution in [0.25, 0.3) is 0 Å². The van der Waals surface area contributed by atoms with Crippen LogP contribution >= 0.6 is 0 Å². The van der Waals surface area contributed by atoms with Gasteiger partial charge >= 0.3 is 12.0 Å². The second-order valence-corrected chi connectivity index (χ2v) is 14.7. The number of methoxy groups -OCH3 is 1. The highest BCUT2D eigenvalue weighted by molar-refractivity contribution is 5.93. The molecule has 1 heterocycles. The van der Waals surface area contributed by atoms with Gasteiger partial charge in [-0.3, -0.25) is 19.2 Å². The van der Waals surface area contributed by atoms with Crippen molar-refractivity contribution >= 4 is 36.1 Å². The Morgan fingerprint density at radius 2 is 1.53 bits per heavy atom. The van der Waals surface area contributed by atoms with Crippen LogP contribution < -0.4 is 31.7 Å². The van der Waals surface area contributed by atoms with Crippen molar-refractivity contribution < 1.29 is 43.3 Å². The summed E-state index contributed by atoms with van der Waals surface area (Å²) in [6.45, 7) is 17.2. The average Bonchev–Trinajstić information content (AvgIpc) is 3.05. The molecule has 0 aliphatic carbocycles. The van der Waals surface area contributed by atoms with Crippen LogP contribution in [0.5, 0.6) is 5.75 Å². The van der Waals surface area contributed by atoms with Gasteiger partial charge in [0.1, 0.15) is 23.9 Å². The van der Waals surface area contributed by atoms with Crippen molar-refractivity contribution in [2.24, 2.45) is 23.0 Å². The minimum Gasteiger partial charge on any atom is -0.497 e. The molecule has 1 fully saturated rings. The van der Waals surface area contributed by atoms with Gasteiger partial charge in [0.05, 0.1) is 20.3 Å². The van der Waals surface area contributed by atoms with Crippen molar-refractivity contribution in [2.45, 2.75) is 105 Å².